The topological polar surface area (TPSA) is 49.2 Å². The number of anilines is 2. The molecule has 0 aromatic heterocycles. The molecule has 1 atom stereocenters. The van der Waals surface area contributed by atoms with Crippen LogP contribution in [0.2, 0.25) is 0 Å². The standard InChI is InChI=1S/C34H28N4O/c1-34(26-14-6-3-7-15-26)36-32(24-12-4-2-5-13-24)35-33(37-34)25-20-22-27(23-21-25)38-28-16-8-10-18-30(28)39-31-19-11-9-17-29(31)38/h2-8,10-16,18-23H,9,17H2,1H3,(H,35,36,37). The molecule has 0 spiro atoms. The molecule has 5 nitrogen and oxygen atoms in total. The highest BCUT2D eigenvalue weighted by atomic mass is 16.5. The molecule has 0 saturated carbocycles. The van der Waals surface area contributed by atoms with Gasteiger partial charge in [-0.2, -0.15) is 0 Å². The Hall–Kier alpha value is -4.90. The Kier molecular flexibility index (Phi) is 5.63. The highest BCUT2D eigenvalue weighted by Crippen LogP contribution is 2.44. The molecular weight excluding hydrogens is 480 g/mol. The van der Waals surface area contributed by atoms with E-state index in [4.69, 9.17) is 14.7 Å². The molecule has 3 aliphatic rings. The van der Waals surface area contributed by atoms with E-state index in [-0.39, 0.29) is 0 Å². The molecule has 0 radical (unpaired) electrons. The van der Waals surface area contributed by atoms with Crippen LogP contribution in [0.5, 0.6) is 5.75 Å². The molecule has 39 heavy (non-hydrogen) atoms. The van der Waals surface area contributed by atoms with E-state index in [1.54, 1.807) is 0 Å². The number of allylic oxidation sites excluding steroid dienone is 3. The third-order valence-electron chi connectivity index (χ3n) is 7.36. The number of benzene rings is 4. The lowest BCUT2D eigenvalue weighted by Crippen LogP contribution is -2.40. The van der Waals surface area contributed by atoms with Gasteiger partial charge in [-0.05, 0) is 62.2 Å². The van der Waals surface area contributed by atoms with Crippen molar-refractivity contribution in [2.45, 2.75) is 25.4 Å². The average Bonchev–Trinajstić information content (AvgIpc) is 3.00. The molecule has 7 rings (SSSR count). The first-order valence-corrected chi connectivity index (χ1v) is 13.3. The first-order chi connectivity index (χ1) is 19.2. The second-order valence-electron chi connectivity index (χ2n) is 10.0. The second-order valence-corrected chi connectivity index (χ2v) is 10.0. The lowest BCUT2D eigenvalue weighted by Gasteiger charge is -2.35. The third-order valence-corrected chi connectivity index (χ3v) is 7.36. The van der Waals surface area contributed by atoms with E-state index in [9.17, 15) is 0 Å². The van der Waals surface area contributed by atoms with Crippen molar-refractivity contribution in [2.24, 2.45) is 9.98 Å². The van der Waals surface area contributed by atoms with E-state index in [1.165, 1.54) is 5.70 Å². The van der Waals surface area contributed by atoms with Crippen molar-refractivity contribution in [1.82, 2.24) is 5.32 Å². The molecule has 0 fully saturated rings. The number of nitrogens with zero attached hydrogens (tertiary/aromatic N) is 3. The van der Waals surface area contributed by atoms with Gasteiger partial charge >= 0.3 is 0 Å². The molecule has 2 heterocycles. The molecular formula is C34H28N4O. The van der Waals surface area contributed by atoms with Crippen LogP contribution in [0.15, 0.2) is 143 Å². The van der Waals surface area contributed by atoms with Gasteiger partial charge in [-0.3, -0.25) is 0 Å². The molecule has 4 aromatic rings. The van der Waals surface area contributed by atoms with Crippen LogP contribution >= 0.6 is 0 Å². The van der Waals surface area contributed by atoms with Crippen LogP contribution in [0.4, 0.5) is 11.4 Å². The summed E-state index contributed by atoms with van der Waals surface area (Å²) in [6.45, 7) is 2.07. The number of nitrogens with one attached hydrogen (secondary N) is 1. The van der Waals surface area contributed by atoms with Crippen LogP contribution in [0.1, 0.15) is 36.5 Å². The fourth-order valence-electron chi connectivity index (χ4n) is 5.38. The van der Waals surface area contributed by atoms with Gasteiger partial charge in [0.05, 0.1) is 11.4 Å². The molecule has 190 valence electrons. The van der Waals surface area contributed by atoms with Crippen LogP contribution in [0, 0.1) is 0 Å². The van der Waals surface area contributed by atoms with Crippen LogP contribution in [0.3, 0.4) is 0 Å². The minimum Gasteiger partial charge on any atom is -0.453 e. The fraction of sp³-hybridized carbons (Fsp3) is 0.118. The molecule has 5 heteroatoms. The van der Waals surface area contributed by atoms with Gasteiger partial charge in [-0.1, -0.05) is 78.9 Å². The highest BCUT2D eigenvalue weighted by Gasteiger charge is 2.32. The van der Waals surface area contributed by atoms with Crippen molar-refractivity contribution in [3.63, 3.8) is 0 Å². The van der Waals surface area contributed by atoms with Gasteiger partial charge in [0, 0.05) is 22.4 Å². The summed E-state index contributed by atoms with van der Waals surface area (Å²) in [5, 5.41) is 3.52. The SMILES string of the molecule is CC1(c2ccccc2)N=C(c2ccccc2)NC(c2ccc(N3C4=C(C=CCC4)Oc4ccccc43)cc2)=N1. The molecule has 1 N–H and O–H groups in total. The number of ether oxygens (including phenoxy) is 1. The minimum absolute atomic E-state index is 0.747. The lowest BCUT2D eigenvalue weighted by atomic mass is 10.00. The zero-order valence-corrected chi connectivity index (χ0v) is 21.7. The maximum absolute atomic E-state index is 6.23. The van der Waals surface area contributed by atoms with E-state index < -0.39 is 5.66 Å². The monoisotopic (exact) mass is 508 g/mol. The fourth-order valence-corrected chi connectivity index (χ4v) is 5.38. The summed E-state index contributed by atoms with van der Waals surface area (Å²) < 4.78 is 6.23. The van der Waals surface area contributed by atoms with Crippen molar-refractivity contribution < 1.29 is 4.74 Å². The first kappa shape index (κ1) is 23.2. The van der Waals surface area contributed by atoms with Crippen LogP contribution < -0.4 is 15.0 Å². The van der Waals surface area contributed by atoms with Gasteiger partial charge in [-0.25, -0.2) is 9.98 Å². The molecule has 1 unspecified atom stereocenters. The summed E-state index contributed by atoms with van der Waals surface area (Å²) in [4.78, 5) is 12.5. The molecule has 0 amide bonds. The molecule has 4 aromatic carbocycles. The highest BCUT2D eigenvalue weighted by molar-refractivity contribution is 6.16. The van der Waals surface area contributed by atoms with Crippen molar-refractivity contribution in [2.75, 3.05) is 4.90 Å². The van der Waals surface area contributed by atoms with Crippen molar-refractivity contribution >= 4 is 23.0 Å². The van der Waals surface area contributed by atoms with Crippen LogP contribution in [0.25, 0.3) is 0 Å². The summed E-state index contributed by atoms with van der Waals surface area (Å²) in [6, 6.07) is 37.3. The predicted octanol–water partition coefficient (Wildman–Crippen LogP) is 7.45. The largest absolute Gasteiger partial charge is 0.453 e. The van der Waals surface area contributed by atoms with E-state index in [2.05, 4.69) is 90.0 Å². The van der Waals surface area contributed by atoms with Gasteiger partial charge in [0.2, 0.25) is 0 Å². The number of hydrogen-bond acceptors (Lipinski definition) is 5. The minimum atomic E-state index is -0.747. The molecule has 0 bridgehead atoms. The smallest absolute Gasteiger partial charge is 0.177 e. The van der Waals surface area contributed by atoms with E-state index in [0.29, 0.717) is 0 Å². The number of para-hydroxylation sites is 2. The molecule has 0 saturated heterocycles. The van der Waals surface area contributed by atoms with Gasteiger partial charge in [0.1, 0.15) is 17.4 Å². The van der Waals surface area contributed by atoms with Gasteiger partial charge in [0.25, 0.3) is 0 Å². The van der Waals surface area contributed by atoms with Crippen LogP contribution in [-0.4, -0.2) is 11.7 Å². The van der Waals surface area contributed by atoms with Crippen LogP contribution in [-0.2, 0) is 5.66 Å². The van der Waals surface area contributed by atoms with Gasteiger partial charge in [0.15, 0.2) is 11.4 Å². The maximum Gasteiger partial charge on any atom is 0.177 e. The zero-order chi connectivity index (χ0) is 26.2. The van der Waals surface area contributed by atoms with Crippen molar-refractivity contribution in [3.05, 3.63) is 149 Å². The predicted molar refractivity (Wildman–Crippen MR) is 157 cm³/mol. The molecule has 2 aliphatic heterocycles. The summed E-state index contributed by atoms with van der Waals surface area (Å²) in [5.74, 6) is 3.39. The Balaban J connectivity index is 1.28. The van der Waals surface area contributed by atoms with Crippen molar-refractivity contribution in [3.8, 4) is 5.75 Å². The number of rotatable bonds is 4. The summed E-state index contributed by atoms with van der Waals surface area (Å²) in [7, 11) is 0. The lowest BCUT2D eigenvalue weighted by molar-refractivity contribution is 0.421. The number of fused-ring (bicyclic) bond motifs is 1. The Bertz CT molecular complexity index is 1650. The quantitative estimate of drug-likeness (QED) is 0.311. The molecule has 1 aliphatic carbocycles. The maximum atomic E-state index is 6.23. The number of aliphatic imine (C=N–C) groups is 2. The zero-order valence-electron chi connectivity index (χ0n) is 21.7. The second kappa shape index (κ2) is 9.44. The third kappa shape index (κ3) is 4.22. The van der Waals surface area contributed by atoms with Gasteiger partial charge < -0.3 is 15.0 Å². The number of hydrogen-bond donors (Lipinski definition) is 1. The Morgan fingerprint density at radius 1 is 0.744 bits per heavy atom. The van der Waals surface area contributed by atoms with E-state index >= 15 is 0 Å². The van der Waals surface area contributed by atoms with Crippen molar-refractivity contribution in [1.29, 1.82) is 0 Å². The summed E-state index contributed by atoms with van der Waals surface area (Å²) in [6.07, 6.45) is 6.20. The van der Waals surface area contributed by atoms with E-state index in [1.807, 2.05) is 48.5 Å². The van der Waals surface area contributed by atoms with Gasteiger partial charge in [-0.15, -0.1) is 0 Å². The number of amidine groups is 2. The first-order valence-electron chi connectivity index (χ1n) is 13.3. The average molecular weight is 509 g/mol. The Labute approximate surface area is 228 Å². The van der Waals surface area contributed by atoms with E-state index in [0.717, 1.165) is 64.1 Å². The summed E-state index contributed by atoms with van der Waals surface area (Å²) in [5.41, 5.74) is 5.67. The normalized spacial score (nSPS) is 19.8. The summed E-state index contributed by atoms with van der Waals surface area (Å²) >= 11 is 0. The Morgan fingerprint density at radius 2 is 1.38 bits per heavy atom. The Morgan fingerprint density at radius 3 is 2.13 bits per heavy atom.